The Morgan fingerprint density at radius 3 is 3.24 bits per heavy atom. The number of nitrogens with zero attached hydrogens (tertiary/aromatic N) is 2. The predicted molar refractivity (Wildman–Crippen MR) is 67.9 cm³/mol. The molecule has 17 heavy (non-hydrogen) atoms. The lowest BCUT2D eigenvalue weighted by Gasteiger charge is -2.35. The minimum Gasteiger partial charge on any atom is -0.377 e. The van der Waals surface area contributed by atoms with Gasteiger partial charge in [0.1, 0.15) is 4.60 Å². The highest BCUT2D eigenvalue weighted by Gasteiger charge is 2.27. The Kier molecular flexibility index (Phi) is 4.12. The van der Waals surface area contributed by atoms with Crippen molar-refractivity contribution in [3.05, 3.63) is 28.5 Å². The summed E-state index contributed by atoms with van der Waals surface area (Å²) >= 11 is 3.32. The number of hydrogen-bond donors (Lipinski definition) is 0. The van der Waals surface area contributed by atoms with Crippen LogP contribution in [0.1, 0.15) is 23.7 Å². The largest absolute Gasteiger partial charge is 0.377 e. The summed E-state index contributed by atoms with van der Waals surface area (Å²) in [4.78, 5) is 18.4. The maximum Gasteiger partial charge on any atom is 0.257 e. The summed E-state index contributed by atoms with van der Waals surface area (Å²) in [5, 5.41) is 0. The Labute approximate surface area is 109 Å². The van der Waals surface area contributed by atoms with Crippen LogP contribution in [0.5, 0.6) is 0 Å². The molecule has 1 aromatic heterocycles. The van der Waals surface area contributed by atoms with Gasteiger partial charge >= 0.3 is 0 Å². The first kappa shape index (κ1) is 12.5. The Balaban J connectivity index is 2.21. The van der Waals surface area contributed by atoms with E-state index in [1.165, 1.54) is 0 Å². The maximum atomic E-state index is 12.4. The lowest BCUT2D eigenvalue weighted by atomic mass is 10.1. The minimum absolute atomic E-state index is 0.0279. The zero-order valence-electron chi connectivity index (χ0n) is 9.73. The van der Waals surface area contributed by atoms with Crippen molar-refractivity contribution in [3.63, 3.8) is 0 Å². The summed E-state index contributed by atoms with van der Waals surface area (Å²) in [5.74, 6) is 0.0279. The van der Waals surface area contributed by atoms with Crippen molar-refractivity contribution in [2.45, 2.75) is 19.4 Å². The summed E-state index contributed by atoms with van der Waals surface area (Å²) in [7, 11) is 0. The molecular weight excluding hydrogens is 284 g/mol. The van der Waals surface area contributed by atoms with Crippen molar-refractivity contribution in [3.8, 4) is 0 Å². The van der Waals surface area contributed by atoms with Crippen LogP contribution in [0.15, 0.2) is 22.9 Å². The zero-order valence-corrected chi connectivity index (χ0v) is 11.3. The Morgan fingerprint density at radius 2 is 2.53 bits per heavy atom. The van der Waals surface area contributed by atoms with Crippen LogP contribution in [0.3, 0.4) is 0 Å². The van der Waals surface area contributed by atoms with E-state index in [0.29, 0.717) is 29.9 Å². The van der Waals surface area contributed by atoms with Crippen LogP contribution in [0.4, 0.5) is 0 Å². The molecule has 1 unspecified atom stereocenters. The van der Waals surface area contributed by atoms with E-state index >= 15 is 0 Å². The summed E-state index contributed by atoms with van der Waals surface area (Å²) < 4.78 is 6.00. The van der Waals surface area contributed by atoms with Gasteiger partial charge in [0.05, 0.1) is 24.8 Å². The smallest absolute Gasteiger partial charge is 0.257 e. The molecule has 92 valence electrons. The van der Waals surface area contributed by atoms with Crippen molar-refractivity contribution in [1.82, 2.24) is 9.88 Å². The fraction of sp³-hybridized carbons (Fsp3) is 0.500. The molecule has 0 aliphatic carbocycles. The standard InChI is InChI=1S/C12H15BrN2O2/c1-2-9-8-17-7-6-15(9)12(16)10-4-3-5-14-11(10)13/h3-5,9H,2,6-8H2,1H3. The molecule has 1 fully saturated rings. The van der Waals surface area contributed by atoms with Gasteiger partial charge in [-0.15, -0.1) is 0 Å². The Morgan fingerprint density at radius 1 is 1.71 bits per heavy atom. The molecule has 4 nitrogen and oxygen atoms in total. The van der Waals surface area contributed by atoms with Gasteiger partial charge in [0, 0.05) is 12.7 Å². The number of ether oxygens (including phenoxy) is 1. The molecule has 0 spiro atoms. The van der Waals surface area contributed by atoms with Gasteiger partial charge in [-0.25, -0.2) is 4.98 Å². The molecule has 5 heteroatoms. The highest BCUT2D eigenvalue weighted by molar-refractivity contribution is 9.10. The van der Waals surface area contributed by atoms with Gasteiger partial charge in [-0.05, 0) is 34.5 Å². The van der Waals surface area contributed by atoms with E-state index in [4.69, 9.17) is 4.74 Å². The third-order valence-electron chi connectivity index (χ3n) is 2.95. The second-order valence-corrected chi connectivity index (χ2v) is 4.73. The SMILES string of the molecule is CCC1COCCN1C(=O)c1cccnc1Br. The number of pyridine rings is 1. The van der Waals surface area contributed by atoms with Crippen LogP contribution in [0.2, 0.25) is 0 Å². The van der Waals surface area contributed by atoms with Gasteiger partial charge in [0.25, 0.3) is 5.91 Å². The molecule has 1 atom stereocenters. The first-order valence-electron chi connectivity index (χ1n) is 5.73. The van der Waals surface area contributed by atoms with Crippen LogP contribution in [-0.4, -0.2) is 41.6 Å². The Hall–Kier alpha value is -0.940. The van der Waals surface area contributed by atoms with Gasteiger partial charge in [-0.1, -0.05) is 6.92 Å². The van der Waals surface area contributed by atoms with Gasteiger partial charge in [0.2, 0.25) is 0 Å². The number of aromatic nitrogens is 1. The van der Waals surface area contributed by atoms with E-state index < -0.39 is 0 Å². The minimum atomic E-state index is 0.0279. The van der Waals surface area contributed by atoms with Gasteiger partial charge in [0.15, 0.2) is 0 Å². The van der Waals surface area contributed by atoms with Crippen molar-refractivity contribution in [2.75, 3.05) is 19.8 Å². The van der Waals surface area contributed by atoms with E-state index in [9.17, 15) is 4.79 Å². The lowest BCUT2D eigenvalue weighted by Crippen LogP contribution is -2.48. The highest BCUT2D eigenvalue weighted by atomic mass is 79.9. The third kappa shape index (κ3) is 2.66. The molecule has 1 amide bonds. The quantitative estimate of drug-likeness (QED) is 0.785. The van der Waals surface area contributed by atoms with Gasteiger partial charge < -0.3 is 9.64 Å². The summed E-state index contributed by atoms with van der Waals surface area (Å²) in [6.07, 6.45) is 2.57. The van der Waals surface area contributed by atoms with Gasteiger partial charge in [-0.2, -0.15) is 0 Å². The molecule has 0 radical (unpaired) electrons. The van der Waals surface area contributed by atoms with Crippen LogP contribution in [-0.2, 0) is 4.74 Å². The van der Waals surface area contributed by atoms with Crippen molar-refractivity contribution < 1.29 is 9.53 Å². The second kappa shape index (κ2) is 5.60. The lowest BCUT2D eigenvalue weighted by molar-refractivity contribution is -0.00287. The number of rotatable bonds is 2. The highest BCUT2D eigenvalue weighted by Crippen LogP contribution is 2.19. The van der Waals surface area contributed by atoms with E-state index in [2.05, 4.69) is 27.8 Å². The fourth-order valence-corrected chi connectivity index (χ4v) is 2.38. The normalized spacial score (nSPS) is 20.4. The molecule has 2 heterocycles. The number of amides is 1. The molecule has 0 saturated carbocycles. The van der Waals surface area contributed by atoms with Gasteiger partial charge in [-0.3, -0.25) is 4.79 Å². The number of hydrogen-bond acceptors (Lipinski definition) is 3. The number of halogens is 1. The van der Waals surface area contributed by atoms with E-state index in [1.54, 1.807) is 18.3 Å². The molecule has 1 aliphatic heterocycles. The molecule has 0 bridgehead atoms. The molecular formula is C12H15BrN2O2. The van der Waals surface area contributed by atoms with Crippen LogP contribution in [0, 0.1) is 0 Å². The fourth-order valence-electron chi connectivity index (χ4n) is 1.96. The van der Waals surface area contributed by atoms with Crippen molar-refractivity contribution in [2.24, 2.45) is 0 Å². The van der Waals surface area contributed by atoms with Crippen LogP contribution >= 0.6 is 15.9 Å². The first-order valence-corrected chi connectivity index (χ1v) is 6.52. The zero-order chi connectivity index (χ0) is 12.3. The number of carbonyl (C=O) groups is 1. The van der Waals surface area contributed by atoms with Crippen molar-refractivity contribution >= 4 is 21.8 Å². The maximum absolute atomic E-state index is 12.4. The molecule has 1 saturated heterocycles. The molecule has 1 aliphatic rings. The summed E-state index contributed by atoms with van der Waals surface area (Å²) in [6, 6.07) is 3.74. The topological polar surface area (TPSA) is 42.4 Å². The number of morpholine rings is 1. The summed E-state index contributed by atoms with van der Waals surface area (Å²) in [5.41, 5.74) is 0.618. The van der Waals surface area contributed by atoms with Crippen LogP contribution < -0.4 is 0 Å². The second-order valence-electron chi connectivity index (χ2n) is 3.98. The van der Waals surface area contributed by atoms with E-state index in [0.717, 1.165) is 6.42 Å². The molecule has 0 N–H and O–H groups in total. The monoisotopic (exact) mass is 298 g/mol. The first-order chi connectivity index (χ1) is 8.24. The van der Waals surface area contributed by atoms with Crippen molar-refractivity contribution in [1.29, 1.82) is 0 Å². The summed E-state index contributed by atoms with van der Waals surface area (Å²) in [6.45, 7) is 3.96. The Bertz CT molecular complexity index is 411. The van der Waals surface area contributed by atoms with E-state index in [-0.39, 0.29) is 11.9 Å². The van der Waals surface area contributed by atoms with Crippen LogP contribution in [0.25, 0.3) is 0 Å². The number of carbonyl (C=O) groups excluding carboxylic acids is 1. The third-order valence-corrected chi connectivity index (χ3v) is 3.58. The predicted octanol–water partition coefficient (Wildman–Crippen LogP) is 2.10. The molecule has 0 aromatic carbocycles. The van der Waals surface area contributed by atoms with E-state index in [1.807, 2.05) is 4.90 Å². The molecule has 1 aromatic rings. The average molecular weight is 299 g/mol. The molecule has 2 rings (SSSR count). The average Bonchev–Trinajstić information content (AvgIpc) is 2.38.